The SMILES string of the molecule is CC(c1ncc[nH]c1=O)N1CCC(COc2ccccc2F)CC1. The third-order valence-electron chi connectivity index (χ3n) is 4.64. The van der Waals surface area contributed by atoms with Crippen LogP contribution < -0.4 is 10.3 Å². The predicted molar refractivity (Wildman–Crippen MR) is 89.5 cm³/mol. The Labute approximate surface area is 140 Å². The van der Waals surface area contributed by atoms with Crippen LogP contribution in [0.25, 0.3) is 0 Å². The topological polar surface area (TPSA) is 58.2 Å². The van der Waals surface area contributed by atoms with E-state index in [-0.39, 0.29) is 17.4 Å². The molecule has 1 aromatic carbocycles. The van der Waals surface area contributed by atoms with Gasteiger partial charge in [0.05, 0.1) is 12.6 Å². The molecule has 0 amide bonds. The summed E-state index contributed by atoms with van der Waals surface area (Å²) >= 11 is 0. The van der Waals surface area contributed by atoms with Gasteiger partial charge in [0.15, 0.2) is 11.6 Å². The summed E-state index contributed by atoms with van der Waals surface area (Å²) in [6, 6.07) is 6.47. The van der Waals surface area contributed by atoms with Crippen LogP contribution in [0.4, 0.5) is 4.39 Å². The molecule has 0 radical (unpaired) electrons. The molecular formula is C18H22FN3O2. The number of para-hydroxylation sites is 1. The number of hydrogen-bond donors (Lipinski definition) is 1. The lowest BCUT2D eigenvalue weighted by Gasteiger charge is -2.35. The number of H-pyrrole nitrogens is 1. The van der Waals surface area contributed by atoms with E-state index in [1.165, 1.54) is 6.07 Å². The van der Waals surface area contributed by atoms with E-state index in [2.05, 4.69) is 14.9 Å². The number of benzene rings is 1. The van der Waals surface area contributed by atoms with Crippen LogP contribution in [-0.4, -0.2) is 34.6 Å². The molecule has 1 aliphatic heterocycles. The predicted octanol–water partition coefficient (Wildman–Crippen LogP) is 2.76. The first-order chi connectivity index (χ1) is 11.6. The average Bonchev–Trinajstić information content (AvgIpc) is 2.61. The smallest absolute Gasteiger partial charge is 0.271 e. The number of aromatic nitrogens is 2. The van der Waals surface area contributed by atoms with E-state index in [0.717, 1.165) is 25.9 Å². The number of rotatable bonds is 5. The van der Waals surface area contributed by atoms with Crippen LogP contribution in [0.3, 0.4) is 0 Å². The minimum absolute atomic E-state index is 0.0108. The van der Waals surface area contributed by atoms with Crippen molar-refractivity contribution < 1.29 is 9.13 Å². The number of piperidine rings is 1. The summed E-state index contributed by atoms with van der Waals surface area (Å²) in [7, 11) is 0. The molecule has 3 rings (SSSR count). The number of ether oxygens (including phenoxy) is 1. The summed E-state index contributed by atoms with van der Waals surface area (Å²) in [4.78, 5) is 21.0. The molecule has 0 saturated carbocycles. The van der Waals surface area contributed by atoms with Crippen LogP contribution in [0.1, 0.15) is 31.5 Å². The first-order valence-corrected chi connectivity index (χ1v) is 8.30. The van der Waals surface area contributed by atoms with Gasteiger partial charge in [-0.15, -0.1) is 0 Å². The third kappa shape index (κ3) is 3.82. The maximum Gasteiger partial charge on any atom is 0.271 e. The van der Waals surface area contributed by atoms with E-state index in [1.54, 1.807) is 30.6 Å². The fourth-order valence-corrected chi connectivity index (χ4v) is 3.11. The van der Waals surface area contributed by atoms with E-state index in [1.807, 2.05) is 6.92 Å². The zero-order chi connectivity index (χ0) is 16.9. The molecule has 0 spiro atoms. The molecule has 1 atom stereocenters. The number of aromatic amines is 1. The zero-order valence-electron chi connectivity index (χ0n) is 13.7. The van der Waals surface area contributed by atoms with Crippen LogP contribution in [0.15, 0.2) is 41.5 Å². The largest absolute Gasteiger partial charge is 0.490 e. The van der Waals surface area contributed by atoms with E-state index in [9.17, 15) is 9.18 Å². The van der Waals surface area contributed by atoms with Crippen molar-refractivity contribution in [3.8, 4) is 5.75 Å². The Hall–Kier alpha value is -2.21. The van der Waals surface area contributed by atoms with Gasteiger partial charge in [0.2, 0.25) is 0 Å². The minimum Gasteiger partial charge on any atom is -0.490 e. The number of halogens is 1. The first-order valence-electron chi connectivity index (χ1n) is 8.30. The number of nitrogens with one attached hydrogen (secondary N) is 1. The van der Waals surface area contributed by atoms with Gasteiger partial charge in [0.1, 0.15) is 5.69 Å². The molecule has 128 valence electrons. The van der Waals surface area contributed by atoms with Crippen molar-refractivity contribution in [2.75, 3.05) is 19.7 Å². The molecule has 1 fully saturated rings. The van der Waals surface area contributed by atoms with Crippen LogP contribution >= 0.6 is 0 Å². The molecule has 1 aromatic heterocycles. The van der Waals surface area contributed by atoms with Gasteiger partial charge in [-0.05, 0) is 50.9 Å². The number of hydrogen-bond acceptors (Lipinski definition) is 4. The van der Waals surface area contributed by atoms with Crippen molar-refractivity contribution in [3.63, 3.8) is 0 Å². The molecule has 1 N–H and O–H groups in total. The van der Waals surface area contributed by atoms with Crippen LogP contribution in [0.5, 0.6) is 5.75 Å². The summed E-state index contributed by atoms with van der Waals surface area (Å²) < 4.78 is 19.2. The van der Waals surface area contributed by atoms with Gasteiger partial charge in [-0.25, -0.2) is 4.39 Å². The molecule has 1 aliphatic rings. The first kappa shape index (κ1) is 16.6. The highest BCUT2D eigenvalue weighted by molar-refractivity contribution is 5.23. The second-order valence-corrected chi connectivity index (χ2v) is 6.20. The van der Waals surface area contributed by atoms with E-state index < -0.39 is 0 Å². The monoisotopic (exact) mass is 331 g/mol. The quantitative estimate of drug-likeness (QED) is 0.915. The van der Waals surface area contributed by atoms with Gasteiger partial charge in [-0.1, -0.05) is 12.1 Å². The third-order valence-corrected chi connectivity index (χ3v) is 4.64. The van der Waals surface area contributed by atoms with Gasteiger partial charge >= 0.3 is 0 Å². The van der Waals surface area contributed by atoms with E-state index in [4.69, 9.17) is 4.74 Å². The Morgan fingerprint density at radius 1 is 1.38 bits per heavy atom. The van der Waals surface area contributed by atoms with Crippen molar-refractivity contribution in [1.82, 2.24) is 14.9 Å². The van der Waals surface area contributed by atoms with Crippen molar-refractivity contribution in [2.45, 2.75) is 25.8 Å². The number of likely N-dealkylation sites (tertiary alicyclic amines) is 1. The fourth-order valence-electron chi connectivity index (χ4n) is 3.11. The summed E-state index contributed by atoms with van der Waals surface area (Å²) in [5, 5.41) is 0. The molecule has 24 heavy (non-hydrogen) atoms. The Morgan fingerprint density at radius 3 is 2.83 bits per heavy atom. The Kier molecular flexibility index (Phi) is 5.25. The van der Waals surface area contributed by atoms with Gasteiger partial charge in [-0.3, -0.25) is 14.7 Å². The molecule has 0 bridgehead atoms. The fraction of sp³-hybridized carbons (Fsp3) is 0.444. The maximum absolute atomic E-state index is 13.6. The molecule has 6 heteroatoms. The van der Waals surface area contributed by atoms with Gasteiger partial charge in [0, 0.05) is 12.4 Å². The maximum atomic E-state index is 13.6. The number of nitrogens with zero attached hydrogens (tertiary/aromatic N) is 2. The van der Waals surface area contributed by atoms with Gasteiger partial charge in [0.25, 0.3) is 5.56 Å². The highest BCUT2D eigenvalue weighted by atomic mass is 19.1. The van der Waals surface area contributed by atoms with Crippen LogP contribution in [0.2, 0.25) is 0 Å². The second-order valence-electron chi connectivity index (χ2n) is 6.20. The van der Waals surface area contributed by atoms with E-state index >= 15 is 0 Å². The van der Waals surface area contributed by atoms with Crippen molar-refractivity contribution in [2.24, 2.45) is 5.92 Å². The van der Waals surface area contributed by atoms with Crippen LogP contribution in [-0.2, 0) is 0 Å². The molecule has 2 heterocycles. The molecule has 1 unspecified atom stereocenters. The van der Waals surface area contributed by atoms with Crippen molar-refractivity contribution >= 4 is 0 Å². The van der Waals surface area contributed by atoms with Crippen molar-refractivity contribution in [3.05, 3.63) is 58.5 Å². The highest BCUT2D eigenvalue weighted by Gasteiger charge is 2.26. The Bertz CT molecular complexity index is 726. The summed E-state index contributed by atoms with van der Waals surface area (Å²) in [5.74, 6) is 0.390. The molecule has 5 nitrogen and oxygen atoms in total. The molecule has 0 aliphatic carbocycles. The van der Waals surface area contributed by atoms with Crippen LogP contribution in [0, 0.1) is 11.7 Å². The highest BCUT2D eigenvalue weighted by Crippen LogP contribution is 2.25. The minimum atomic E-state index is -0.321. The van der Waals surface area contributed by atoms with Crippen molar-refractivity contribution in [1.29, 1.82) is 0 Å². The Morgan fingerprint density at radius 2 is 2.12 bits per heavy atom. The average molecular weight is 331 g/mol. The summed E-state index contributed by atoms with van der Waals surface area (Å²) in [5.41, 5.74) is 0.425. The zero-order valence-corrected chi connectivity index (χ0v) is 13.7. The standard InChI is InChI=1S/C18H22FN3O2/c1-13(17-18(23)21-9-8-20-17)22-10-6-14(7-11-22)12-24-16-5-3-2-4-15(16)19/h2-5,8-9,13-14H,6-7,10-12H2,1H3,(H,21,23). The molecule has 2 aromatic rings. The molecule has 1 saturated heterocycles. The summed E-state index contributed by atoms with van der Waals surface area (Å²) in [6.45, 7) is 4.28. The van der Waals surface area contributed by atoms with Gasteiger partial charge in [-0.2, -0.15) is 0 Å². The lowest BCUT2D eigenvalue weighted by Crippen LogP contribution is -2.39. The summed E-state index contributed by atoms with van der Waals surface area (Å²) in [6.07, 6.45) is 5.08. The molecular weight excluding hydrogens is 309 g/mol. The van der Waals surface area contributed by atoms with E-state index in [0.29, 0.717) is 24.0 Å². The normalized spacial score (nSPS) is 17.6. The Balaban J connectivity index is 1.52. The lowest BCUT2D eigenvalue weighted by molar-refractivity contribution is 0.109. The second kappa shape index (κ2) is 7.57. The van der Waals surface area contributed by atoms with Gasteiger partial charge < -0.3 is 9.72 Å². The lowest BCUT2D eigenvalue weighted by atomic mass is 9.96.